The Morgan fingerprint density at radius 2 is 1.88 bits per heavy atom. The van der Waals surface area contributed by atoms with E-state index in [9.17, 15) is 9.90 Å². The van der Waals surface area contributed by atoms with Crippen LogP contribution in [0.4, 0.5) is 4.79 Å². The summed E-state index contributed by atoms with van der Waals surface area (Å²) in [4.78, 5) is 14.6. The molecule has 0 bridgehead atoms. The molecule has 0 spiro atoms. The maximum absolute atomic E-state index is 11.6. The normalized spacial score (nSPS) is 16.5. The lowest BCUT2D eigenvalue weighted by Gasteiger charge is -2.32. The van der Waals surface area contributed by atoms with E-state index < -0.39 is 6.10 Å². The van der Waals surface area contributed by atoms with Gasteiger partial charge in [0.2, 0.25) is 0 Å². The molecule has 1 heterocycles. The Labute approximate surface area is 142 Å². The van der Waals surface area contributed by atoms with Gasteiger partial charge in [0.05, 0.1) is 39.9 Å². The predicted molar refractivity (Wildman–Crippen MR) is 88.7 cm³/mol. The zero-order chi connectivity index (χ0) is 17.4. The van der Waals surface area contributed by atoms with Crippen molar-refractivity contribution in [3.63, 3.8) is 0 Å². The maximum atomic E-state index is 11.6. The fraction of sp³-hybridized carbons (Fsp3) is 0.588. The van der Waals surface area contributed by atoms with Gasteiger partial charge in [0.15, 0.2) is 0 Å². The summed E-state index contributed by atoms with van der Waals surface area (Å²) in [6.07, 6.45) is -0.795. The van der Waals surface area contributed by atoms with Crippen LogP contribution in [-0.4, -0.2) is 75.3 Å². The Morgan fingerprint density at radius 3 is 2.46 bits per heavy atom. The van der Waals surface area contributed by atoms with Crippen LogP contribution >= 0.6 is 0 Å². The molecule has 7 nitrogen and oxygen atoms in total. The van der Waals surface area contributed by atoms with Gasteiger partial charge in [-0.2, -0.15) is 0 Å². The summed E-state index contributed by atoms with van der Waals surface area (Å²) in [6.45, 7) is 5.97. The summed E-state index contributed by atoms with van der Waals surface area (Å²) < 4.78 is 15.7. The van der Waals surface area contributed by atoms with Crippen molar-refractivity contribution in [2.75, 3.05) is 53.0 Å². The van der Waals surface area contributed by atoms with Gasteiger partial charge in [-0.05, 0) is 31.2 Å². The molecule has 1 amide bonds. The monoisotopic (exact) mass is 339 g/mol. The number of nitrogens with one attached hydrogen (secondary N) is 1. The summed E-state index contributed by atoms with van der Waals surface area (Å²) >= 11 is 0. The van der Waals surface area contributed by atoms with Crippen molar-refractivity contribution >= 4 is 6.09 Å². The number of hydrogen-bond donors (Lipinski definition) is 2. The van der Waals surface area contributed by atoms with Gasteiger partial charge in [-0.1, -0.05) is 0 Å². The third-order valence-electron chi connectivity index (χ3n) is 4.02. The molecule has 1 fully saturated rings. The topological polar surface area (TPSA) is 72.7 Å². The van der Waals surface area contributed by atoms with Crippen LogP contribution in [0, 0.1) is 0 Å². The number of amides is 1. The van der Waals surface area contributed by atoms with Crippen molar-refractivity contribution in [2.24, 2.45) is 0 Å². The molecule has 0 unspecified atom stereocenters. The fourth-order valence-electron chi connectivity index (χ4n) is 2.68. The fourth-order valence-corrected chi connectivity index (χ4v) is 2.68. The van der Waals surface area contributed by atoms with E-state index in [0.717, 1.165) is 18.8 Å². The molecular weight excluding hydrogens is 312 g/mol. The minimum Gasteiger partial charge on any atom is -0.497 e. The van der Waals surface area contributed by atoms with Gasteiger partial charge in [0, 0.05) is 0 Å². The summed E-state index contributed by atoms with van der Waals surface area (Å²) in [7, 11) is 1.62. The molecule has 7 heteroatoms. The zero-order valence-electron chi connectivity index (χ0n) is 14.4. The molecule has 1 aromatic rings. The molecule has 0 saturated carbocycles. The summed E-state index contributed by atoms with van der Waals surface area (Å²) in [5.41, 5.74) is 0. The molecule has 134 valence electrons. The number of methoxy groups -OCH3 is 1. The number of aliphatic hydroxyl groups is 1. The number of hydrogen-bond acceptors (Lipinski definition) is 5. The number of ether oxygens (including phenoxy) is 3. The van der Waals surface area contributed by atoms with Gasteiger partial charge in [0.25, 0.3) is 0 Å². The highest BCUT2D eigenvalue weighted by Gasteiger charge is 2.26. The van der Waals surface area contributed by atoms with Gasteiger partial charge in [-0.3, -0.25) is 4.90 Å². The molecule has 0 radical (unpaired) electrons. The van der Waals surface area contributed by atoms with Crippen LogP contribution in [0.5, 0.6) is 11.5 Å². The lowest BCUT2D eigenvalue weighted by molar-refractivity contribution is -0.907. The van der Waals surface area contributed by atoms with Crippen molar-refractivity contribution in [2.45, 2.75) is 13.0 Å². The van der Waals surface area contributed by atoms with Crippen LogP contribution in [0.2, 0.25) is 0 Å². The first kappa shape index (κ1) is 18.4. The van der Waals surface area contributed by atoms with E-state index in [1.807, 2.05) is 24.3 Å². The van der Waals surface area contributed by atoms with E-state index in [-0.39, 0.29) is 12.7 Å². The van der Waals surface area contributed by atoms with Crippen LogP contribution in [-0.2, 0) is 4.74 Å². The van der Waals surface area contributed by atoms with Gasteiger partial charge < -0.3 is 24.2 Å². The first-order chi connectivity index (χ1) is 11.6. The molecule has 0 aromatic heterocycles. The quantitative estimate of drug-likeness (QED) is 0.719. The highest BCUT2D eigenvalue weighted by molar-refractivity contribution is 5.67. The molecule has 2 rings (SSSR count). The van der Waals surface area contributed by atoms with Gasteiger partial charge in [-0.25, -0.2) is 4.79 Å². The number of carbonyl (C=O) groups excluding carboxylic acids is 1. The number of benzene rings is 1. The summed E-state index contributed by atoms with van der Waals surface area (Å²) in [5.74, 6) is 1.48. The Morgan fingerprint density at radius 1 is 1.25 bits per heavy atom. The van der Waals surface area contributed by atoms with Crippen molar-refractivity contribution in [1.82, 2.24) is 4.90 Å². The minimum atomic E-state index is -0.545. The number of quaternary nitrogens is 1. The van der Waals surface area contributed by atoms with Crippen molar-refractivity contribution in [1.29, 1.82) is 0 Å². The van der Waals surface area contributed by atoms with Crippen molar-refractivity contribution < 1.29 is 29.0 Å². The molecular formula is C17H27N2O5+. The Kier molecular flexibility index (Phi) is 7.14. The smallest absolute Gasteiger partial charge is 0.410 e. The van der Waals surface area contributed by atoms with E-state index in [1.165, 1.54) is 4.90 Å². The van der Waals surface area contributed by atoms with Crippen molar-refractivity contribution in [3.8, 4) is 11.5 Å². The second-order valence-corrected chi connectivity index (χ2v) is 5.78. The molecule has 2 N–H and O–H groups in total. The van der Waals surface area contributed by atoms with Crippen LogP contribution in [0.15, 0.2) is 24.3 Å². The molecule has 0 aliphatic carbocycles. The number of piperazine rings is 1. The van der Waals surface area contributed by atoms with E-state index >= 15 is 0 Å². The molecule has 1 saturated heterocycles. The standard InChI is InChI=1S/C17H26N2O5/c1-3-23-17(21)19-10-8-18(9-11-19)12-14(20)13-24-16-6-4-15(22-2)5-7-16/h4-7,14,20H,3,8-13H2,1-2H3/p+1/t14-/m0/s1. The highest BCUT2D eigenvalue weighted by atomic mass is 16.6. The Hall–Kier alpha value is -1.99. The first-order valence-electron chi connectivity index (χ1n) is 8.32. The number of carbonyl (C=O) groups is 1. The van der Waals surface area contributed by atoms with Gasteiger partial charge in [0.1, 0.15) is 30.8 Å². The maximum Gasteiger partial charge on any atom is 0.410 e. The lowest BCUT2D eigenvalue weighted by atomic mass is 10.2. The molecule has 1 atom stereocenters. The first-order valence-corrected chi connectivity index (χ1v) is 8.32. The van der Waals surface area contributed by atoms with E-state index in [2.05, 4.69) is 0 Å². The second-order valence-electron chi connectivity index (χ2n) is 5.78. The lowest BCUT2D eigenvalue weighted by Crippen LogP contribution is -3.16. The Balaban J connectivity index is 1.67. The predicted octanol–water partition coefficient (Wildman–Crippen LogP) is -0.208. The number of rotatable bonds is 7. The molecule has 1 aromatic carbocycles. The summed E-state index contributed by atoms with van der Waals surface area (Å²) in [6, 6.07) is 7.27. The average molecular weight is 339 g/mol. The van der Waals surface area contributed by atoms with E-state index in [1.54, 1.807) is 18.9 Å². The highest BCUT2D eigenvalue weighted by Crippen LogP contribution is 2.16. The molecule has 1 aliphatic rings. The van der Waals surface area contributed by atoms with Crippen LogP contribution in [0.3, 0.4) is 0 Å². The van der Waals surface area contributed by atoms with E-state index in [0.29, 0.717) is 32.0 Å². The zero-order valence-corrected chi connectivity index (χ0v) is 14.4. The number of nitrogens with zero attached hydrogens (tertiary/aromatic N) is 1. The Bertz CT molecular complexity index is 500. The summed E-state index contributed by atoms with van der Waals surface area (Å²) in [5, 5.41) is 10.1. The largest absolute Gasteiger partial charge is 0.497 e. The molecule has 24 heavy (non-hydrogen) atoms. The average Bonchev–Trinajstić information content (AvgIpc) is 2.61. The minimum absolute atomic E-state index is 0.247. The third-order valence-corrected chi connectivity index (χ3v) is 4.02. The van der Waals surface area contributed by atoms with E-state index in [4.69, 9.17) is 14.2 Å². The van der Waals surface area contributed by atoms with Crippen LogP contribution < -0.4 is 14.4 Å². The van der Waals surface area contributed by atoms with Crippen molar-refractivity contribution in [3.05, 3.63) is 24.3 Å². The van der Waals surface area contributed by atoms with Gasteiger partial charge >= 0.3 is 6.09 Å². The van der Waals surface area contributed by atoms with Crippen LogP contribution in [0.25, 0.3) is 0 Å². The molecule has 1 aliphatic heterocycles. The number of aliphatic hydroxyl groups excluding tert-OH is 1. The third kappa shape index (κ3) is 5.58. The second kappa shape index (κ2) is 9.34. The van der Waals surface area contributed by atoms with Crippen LogP contribution in [0.1, 0.15) is 6.92 Å². The van der Waals surface area contributed by atoms with Gasteiger partial charge in [-0.15, -0.1) is 0 Å². The SMILES string of the molecule is CCOC(=O)N1CC[NH+](C[C@H](O)COc2ccc(OC)cc2)CC1.